The zero-order valence-electron chi connectivity index (χ0n) is 10.6. The van der Waals surface area contributed by atoms with Gasteiger partial charge in [0.25, 0.3) is 5.91 Å². The molecule has 3 heterocycles. The minimum Gasteiger partial charge on any atom is -0.334 e. The fourth-order valence-electron chi connectivity index (χ4n) is 2.90. The van der Waals surface area contributed by atoms with Gasteiger partial charge in [-0.1, -0.05) is 6.92 Å². The van der Waals surface area contributed by atoms with Crippen molar-refractivity contribution < 1.29 is 4.79 Å². The first kappa shape index (κ1) is 11.6. The van der Waals surface area contributed by atoms with Gasteiger partial charge in [0.1, 0.15) is 5.82 Å². The Hall–Kier alpha value is -1.43. The highest BCUT2D eigenvalue weighted by molar-refractivity contribution is 5.90. The van der Waals surface area contributed by atoms with Gasteiger partial charge in [0.2, 0.25) is 5.82 Å². The molecule has 2 aliphatic heterocycles. The van der Waals surface area contributed by atoms with Gasteiger partial charge in [0.05, 0.1) is 0 Å². The lowest BCUT2D eigenvalue weighted by atomic mass is 9.94. The normalized spacial score (nSPS) is 27.3. The summed E-state index contributed by atoms with van der Waals surface area (Å²) >= 11 is 0. The largest absolute Gasteiger partial charge is 0.334 e. The van der Waals surface area contributed by atoms with E-state index >= 15 is 0 Å². The number of likely N-dealkylation sites (tertiary alicyclic amines) is 1. The lowest BCUT2D eigenvalue weighted by Crippen LogP contribution is -2.41. The Balaban J connectivity index is 1.70. The molecule has 6 nitrogen and oxygen atoms in total. The lowest BCUT2D eigenvalue weighted by Gasteiger charge is -2.24. The number of amides is 1. The van der Waals surface area contributed by atoms with E-state index < -0.39 is 0 Å². The monoisotopic (exact) mass is 249 g/mol. The van der Waals surface area contributed by atoms with Crippen molar-refractivity contribution >= 4 is 5.91 Å². The maximum absolute atomic E-state index is 12.3. The summed E-state index contributed by atoms with van der Waals surface area (Å²) in [7, 11) is 0. The second-order valence-corrected chi connectivity index (χ2v) is 5.13. The van der Waals surface area contributed by atoms with Crippen molar-refractivity contribution in [1.82, 2.24) is 25.4 Å². The number of nitrogens with one attached hydrogen (secondary N) is 2. The summed E-state index contributed by atoms with van der Waals surface area (Å²) in [6, 6.07) is 0.465. The molecule has 6 heteroatoms. The Labute approximate surface area is 106 Å². The maximum Gasteiger partial charge on any atom is 0.293 e. The summed E-state index contributed by atoms with van der Waals surface area (Å²) in [4.78, 5) is 18.4. The molecular formula is C12H19N5O. The van der Waals surface area contributed by atoms with Gasteiger partial charge in [-0.05, 0) is 25.3 Å². The molecule has 98 valence electrons. The Bertz CT molecular complexity index is 429. The first-order valence-electron chi connectivity index (χ1n) is 6.72. The zero-order valence-corrected chi connectivity index (χ0v) is 10.6. The summed E-state index contributed by atoms with van der Waals surface area (Å²) < 4.78 is 0. The standard InChI is InChI=1S/C12H19N5O/c1-2-10-14-11(16-15-10)12(18)17-6-8-4-3-5-13-9(8)7-17/h8-9,13H,2-7H2,1H3,(H,14,15,16)/t8-,9+/m0/s1. The van der Waals surface area contributed by atoms with Crippen LogP contribution >= 0.6 is 0 Å². The summed E-state index contributed by atoms with van der Waals surface area (Å²) in [6.45, 7) is 4.69. The first-order valence-corrected chi connectivity index (χ1v) is 6.72. The summed E-state index contributed by atoms with van der Waals surface area (Å²) in [5.74, 6) is 1.65. The summed E-state index contributed by atoms with van der Waals surface area (Å²) in [5.41, 5.74) is 0. The molecule has 3 rings (SSSR count). The van der Waals surface area contributed by atoms with Crippen molar-refractivity contribution in [3.63, 3.8) is 0 Å². The lowest BCUT2D eigenvalue weighted by molar-refractivity contribution is 0.0774. The van der Waals surface area contributed by atoms with Crippen molar-refractivity contribution in [3.05, 3.63) is 11.6 Å². The van der Waals surface area contributed by atoms with Crippen LogP contribution in [0.2, 0.25) is 0 Å². The van der Waals surface area contributed by atoms with Crippen LogP contribution in [0.15, 0.2) is 0 Å². The third kappa shape index (κ3) is 2.01. The van der Waals surface area contributed by atoms with Gasteiger partial charge >= 0.3 is 0 Å². The van der Waals surface area contributed by atoms with E-state index in [9.17, 15) is 4.79 Å². The molecule has 0 bridgehead atoms. The number of rotatable bonds is 2. The second-order valence-electron chi connectivity index (χ2n) is 5.13. The second kappa shape index (κ2) is 4.68. The number of carbonyl (C=O) groups is 1. The van der Waals surface area contributed by atoms with Crippen LogP contribution in [-0.2, 0) is 6.42 Å². The topological polar surface area (TPSA) is 73.9 Å². The minimum absolute atomic E-state index is 0.0397. The highest BCUT2D eigenvalue weighted by atomic mass is 16.2. The number of aromatic nitrogens is 3. The molecular weight excluding hydrogens is 230 g/mol. The number of H-pyrrole nitrogens is 1. The highest BCUT2D eigenvalue weighted by Gasteiger charge is 2.37. The van der Waals surface area contributed by atoms with E-state index in [0.29, 0.717) is 17.8 Å². The first-order chi connectivity index (χ1) is 8.78. The van der Waals surface area contributed by atoms with E-state index in [1.807, 2.05) is 11.8 Å². The molecule has 1 aromatic heterocycles. The van der Waals surface area contributed by atoms with E-state index in [2.05, 4.69) is 20.5 Å². The van der Waals surface area contributed by atoms with Crippen LogP contribution in [0.3, 0.4) is 0 Å². The quantitative estimate of drug-likeness (QED) is 0.785. The molecule has 2 N–H and O–H groups in total. The van der Waals surface area contributed by atoms with Crippen molar-refractivity contribution in [3.8, 4) is 0 Å². The smallest absolute Gasteiger partial charge is 0.293 e. The van der Waals surface area contributed by atoms with Crippen LogP contribution in [0.5, 0.6) is 0 Å². The Morgan fingerprint density at radius 1 is 1.50 bits per heavy atom. The number of nitrogens with zero attached hydrogens (tertiary/aromatic N) is 3. The van der Waals surface area contributed by atoms with Gasteiger partial charge in [-0.25, -0.2) is 4.98 Å². The average Bonchev–Trinajstić information content (AvgIpc) is 3.04. The fraction of sp³-hybridized carbons (Fsp3) is 0.750. The van der Waals surface area contributed by atoms with Gasteiger partial charge in [0, 0.05) is 25.6 Å². The van der Waals surface area contributed by atoms with Gasteiger partial charge in [0.15, 0.2) is 0 Å². The number of piperidine rings is 1. The maximum atomic E-state index is 12.3. The Morgan fingerprint density at radius 3 is 3.11 bits per heavy atom. The van der Waals surface area contributed by atoms with E-state index in [-0.39, 0.29) is 5.91 Å². The molecule has 0 aromatic carbocycles. The van der Waals surface area contributed by atoms with Crippen molar-refractivity contribution in [2.45, 2.75) is 32.2 Å². The van der Waals surface area contributed by atoms with Crippen LogP contribution in [0.25, 0.3) is 0 Å². The molecule has 0 radical (unpaired) electrons. The van der Waals surface area contributed by atoms with E-state index in [1.165, 1.54) is 12.8 Å². The molecule has 2 saturated heterocycles. The number of fused-ring (bicyclic) bond motifs is 1. The number of carbonyl (C=O) groups excluding carboxylic acids is 1. The number of aryl methyl sites for hydroxylation is 1. The molecule has 1 amide bonds. The van der Waals surface area contributed by atoms with Gasteiger partial charge < -0.3 is 10.2 Å². The van der Waals surface area contributed by atoms with Gasteiger partial charge in [-0.3, -0.25) is 9.89 Å². The van der Waals surface area contributed by atoms with Crippen LogP contribution in [0.1, 0.15) is 36.2 Å². The molecule has 18 heavy (non-hydrogen) atoms. The molecule has 2 fully saturated rings. The van der Waals surface area contributed by atoms with Gasteiger partial charge in [-0.15, -0.1) is 5.10 Å². The van der Waals surface area contributed by atoms with Crippen molar-refractivity contribution in [2.75, 3.05) is 19.6 Å². The van der Waals surface area contributed by atoms with Crippen molar-refractivity contribution in [2.24, 2.45) is 5.92 Å². The summed E-state index contributed by atoms with van der Waals surface area (Å²) in [5, 5.41) is 10.3. The Morgan fingerprint density at radius 2 is 2.39 bits per heavy atom. The van der Waals surface area contributed by atoms with Crippen LogP contribution in [-0.4, -0.2) is 51.7 Å². The molecule has 0 spiro atoms. The molecule has 0 aliphatic carbocycles. The number of hydrogen-bond donors (Lipinski definition) is 2. The average molecular weight is 249 g/mol. The highest BCUT2D eigenvalue weighted by Crippen LogP contribution is 2.25. The molecule has 1 aromatic rings. The third-order valence-corrected chi connectivity index (χ3v) is 3.94. The van der Waals surface area contributed by atoms with Crippen LogP contribution in [0.4, 0.5) is 0 Å². The van der Waals surface area contributed by atoms with Crippen molar-refractivity contribution in [1.29, 1.82) is 0 Å². The molecule has 0 unspecified atom stereocenters. The number of hydrogen-bond acceptors (Lipinski definition) is 4. The molecule has 0 saturated carbocycles. The predicted octanol–water partition coefficient (Wildman–Crippen LogP) is 0.191. The third-order valence-electron chi connectivity index (χ3n) is 3.94. The SMILES string of the molecule is CCc1nc(C(=O)N2C[C@@H]3CCCN[C@@H]3C2)n[nH]1. The fourth-order valence-corrected chi connectivity index (χ4v) is 2.90. The van der Waals surface area contributed by atoms with Gasteiger partial charge in [-0.2, -0.15) is 0 Å². The van der Waals surface area contributed by atoms with E-state index in [0.717, 1.165) is 31.9 Å². The summed E-state index contributed by atoms with van der Waals surface area (Å²) in [6.07, 6.45) is 3.20. The van der Waals surface area contributed by atoms with E-state index in [1.54, 1.807) is 0 Å². The zero-order chi connectivity index (χ0) is 12.5. The molecule has 2 aliphatic rings. The predicted molar refractivity (Wildman–Crippen MR) is 66.2 cm³/mol. The Kier molecular flexibility index (Phi) is 3.03. The van der Waals surface area contributed by atoms with E-state index in [4.69, 9.17) is 0 Å². The molecule has 2 atom stereocenters. The van der Waals surface area contributed by atoms with Crippen LogP contribution < -0.4 is 5.32 Å². The van der Waals surface area contributed by atoms with Crippen LogP contribution in [0, 0.1) is 5.92 Å². The minimum atomic E-state index is -0.0397. The number of aromatic amines is 1.